The highest BCUT2D eigenvalue weighted by Gasteiger charge is 2.13. The van der Waals surface area contributed by atoms with Crippen LogP contribution < -0.4 is 10.0 Å². The summed E-state index contributed by atoms with van der Waals surface area (Å²) in [5, 5.41) is 2.59. The van der Waals surface area contributed by atoms with E-state index < -0.39 is 21.7 Å². The average Bonchev–Trinajstić information content (AvgIpc) is 2.55. The Balaban J connectivity index is 1.81. The van der Waals surface area contributed by atoms with Crippen LogP contribution in [0.1, 0.15) is 18.4 Å². The van der Waals surface area contributed by atoms with Crippen molar-refractivity contribution in [2.45, 2.75) is 24.7 Å². The third-order valence-electron chi connectivity index (χ3n) is 3.47. The predicted molar refractivity (Wildman–Crippen MR) is 90.6 cm³/mol. The van der Waals surface area contributed by atoms with E-state index in [-0.39, 0.29) is 30.2 Å². The molecule has 2 N–H and O–H groups in total. The van der Waals surface area contributed by atoms with Crippen molar-refractivity contribution in [3.8, 4) is 0 Å². The second-order valence-corrected chi connectivity index (χ2v) is 7.23. The van der Waals surface area contributed by atoms with Crippen molar-refractivity contribution in [2.75, 3.05) is 11.9 Å². The molecule has 0 atom stereocenters. The van der Waals surface area contributed by atoms with Crippen LogP contribution in [0.5, 0.6) is 0 Å². The maximum absolute atomic E-state index is 13.2. The Labute approximate surface area is 145 Å². The largest absolute Gasteiger partial charge is 0.326 e. The Kier molecular flexibility index (Phi) is 6.22. The lowest BCUT2D eigenvalue weighted by atomic mass is 10.2. The van der Waals surface area contributed by atoms with Crippen LogP contribution in [0.3, 0.4) is 0 Å². The summed E-state index contributed by atoms with van der Waals surface area (Å²) in [5.74, 6) is -1.31. The van der Waals surface area contributed by atoms with E-state index in [4.69, 9.17) is 0 Å². The Bertz CT molecular complexity index is 853. The summed E-state index contributed by atoms with van der Waals surface area (Å²) in [5.41, 5.74) is 1.11. The zero-order valence-electron chi connectivity index (χ0n) is 13.6. The lowest BCUT2D eigenvalue weighted by molar-refractivity contribution is -0.116. The third-order valence-corrected chi connectivity index (χ3v) is 4.95. The van der Waals surface area contributed by atoms with Gasteiger partial charge in [-0.25, -0.2) is 21.9 Å². The molecule has 2 aromatic carbocycles. The first-order chi connectivity index (χ1) is 11.8. The summed E-state index contributed by atoms with van der Waals surface area (Å²) < 4.78 is 52.3. The minimum absolute atomic E-state index is 0.0475. The first-order valence-corrected chi connectivity index (χ1v) is 9.07. The minimum Gasteiger partial charge on any atom is -0.326 e. The lowest BCUT2D eigenvalue weighted by Gasteiger charge is -2.09. The van der Waals surface area contributed by atoms with Crippen molar-refractivity contribution in [3.05, 3.63) is 59.7 Å². The number of carbonyl (C=O) groups is 1. The number of anilines is 1. The van der Waals surface area contributed by atoms with Gasteiger partial charge in [0.2, 0.25) is 15.9 Å². The van der Waals surface area contributed by atoms with Gasteiger partial charge in [0, 0.05) is 18.7 Å². The molecule has 2 rings (SSSR count). The quantitative estimate of drug-likeness (QED) is 0.738. The van der Waals surface area contributed by atoms with Gasteiger partial charge in [-0.15, -0.1) is 0 Å². The van der Waals surface area contributed by atoms with Gasteiger partial charge in [0.15, 0.2) is 0 Å². The van der Waals surface area contributed by atoms with E-state index in [1.165, 1.54) is 12.1 Å². The molecule has 0 radical (unpaired) electrons. The first-order valence-electron chi connectivity index (χ1n) is 7.59. The molecule has 0 saturated carbocycles. The summed E-state index contributed by atoms with van der Waals surface area (Å²) in [6.45, 7) is 1.79. The van der Waals surface area contributed by atoms with E-state index in [9.17, 15) is 22.0 Å². The molecule has 25 heavy (non-hydrogen) atoms. The molecule has 1 amide bonds. The minimum atomic E-state index is -3.74. The highest BCUT2D eigenvalue weighted by Crippen LogP contribution is 2.16. The Hall–Kier alpha value is -2.32. The van der Waals surface area contributed by atoms with Gasteiger partial charge < -0.3 is 5.32 Å². The molecule has 0 saturated heterocycles. The standard InChI is InChI=1S/C17H18F2N2O3S/c1-12-4-5-14(19)11-16(12)21-17(22)3-2-10-20-25(23,24)15-8-6-13(18)7-9-15/h4-9,11,20H,2-3,10H2,1H3,(H,21,22). The zero-order valence-corrected chi connectivity index (χ0v) is 14.4. The lowest BCUT2D eigenvalue weighted by Crippen LogP contribution is -2.25. The number of rotatable bonds is 7. The molecular weight excluding hydrogens is 350 g/mol. The molecule has 0 aliphatic rings. The molecule has 0 heterocycles. The smallest absolute Gasteiger partial charge is 0.240 e. The number of carbonyl (C=O) groups excluding carboxylic acids is 1. The van der Waals surface area contributed by atoms with Crippen molar-refractivity contribution in [3.63, 3.8) is 0 Å². The Morgan fingerprint density at radius 3 is 2.36 bits per heavy atom. The number of halogens is 2. The number of nitrogens with one attached hydrogen (secondary N) is 2. The third kappa shape index (κ3) is 5.61. The van der Waals surface area contributed by atoms with E-state index in [2.05, 4.69) is 10.0 Å². The first kappa shape index (κ1) is 19.0. The van der Waals surface area contributed by atoms with Crippen molar-refractivity contribution in [1.82, 2.24) is 4.72 Å². The van der Waals surface area contributed by atoms with Gasteiger partial charge in [0.1, 0.15) is 11.6 Å². The summed E-state index contributed by atoms with van der Waals surface area (Å²) in [7, 11) is -3.74. The van der Waals surface area contributed by atoms with Gasteiger partial charge in [0.05, 0.1) is 4.90 Å². The van der Waals surface area contributed by atoms with Crippen LogP contribution in [0, 0.1) is 18.6 Å². The van der Waals surface area contributed by atoms with Crippen LogP contribution >= 0.6 is 0 Å². The van der Waals surface area contributed by atoms with Crippen molar-refractivity contribution < 1.29 is 22.0 Å². The van der Waals surface area contributed by atoms with Gasteiger partial charge in [-0.3, -0.25) is 4.79 Å². The number of benzene rings is 2. The maximum Gasteiger partial charge on any atom is 0.240 e. The molecule has 0 aliphatic heterocycles. The van der Waals surface area contributed by atoms with Crippen LogP contribution in [-0.4, -0.2) is 20.9 Å². The highest BCUT2D eigenvalue weighted by atomic mass is 32.2. The van der Waals surface area contributed by atoms with E-state index in [0.29, 0.717) is 5.69 Å². The number of hydrogen-bond donors (Lipinski definition) is 2. The monoisotopic (exact) mass is 368 g/mol. The second kappa shape index (κ2) is 8.17. The molecule has 5 nitrogen and oxygen atoms in total. The molecule has 0 fully saturated rings. The molecule has 0 aliphatic carbocycles. The molecule has 2 aromatic rings. The van der Waals surface area contributed by atoms with Crippen molar-refractivity contribution >= 4 is 21.6 Å². The molecular formula is C17H18F2N2O3S. The van der Waals surface area contributed by atoms with Crippen LogP contribution in [0.4, 0.5) is 14.5 Å². The summed E-state index contributed by atoms with van der Waals surface area (Å²) in [6, 6.07) is 8.53. The second-order valence-electron chi connectivity index (χ2n) is 5.46. The fourth-order valence-corrected chi connectivity index (χ4v) is 3.17. The predicted octanol–water partition coefficient (Wildman–Crippen LogP) is 2.97. The van der Waals surface area contributed by atoms with Crippen LogP contribution in [0.15, 0.2) is 47.4 Å². The van der Waals surface area contributed by atoms with E-state index in [1.807, 2.05) is 0 Å². The number of sulfonamides is 1. The number of aryl methyl sites for hydroxylation is 1. The van der Waals surface area contributed by atoms with Gasteiger partial charge >= 0.3 is 0 Å². The summed E-state index contributed by atoms with van der Waals surface area (Å²) >= 11 is 0. The molecule has 134 valence electrons. The van der Waals surface area contributed by atoms with Crippen LogP contribution in [0.25, 0.3) is 0 Å². The van der Waals surface area contributed by atoms with Crippen molar-refractivity contribution in [2.24, 2.45) is 0 Å². The Morgan fingerprint density at radius 2 is 1.68 bits per heavy atom. The number of hydrogen-bond acceptors (Lipinski definition) is 3. The highest BCUT2D eigenvalue weighted by molar-refractivity contribution is 7.89. The van der Waals surface area contributed by atoms with Gasteiger partial charge in [-0.1, -0.05) is 6.07 Å². The van der Waals surface area contributed by atoms with Crippen LogP contribution in [0.2, 0.25) is 0 Å². The summed E-state index contributed by atoms with van der Waals surface area (Å²) in [6.07, 6.45) is 0.336. The SMILES string of the molecule is Cc1ccc(F)cc1NC(=O)CCCNS(=O)(=O)c1ccc(F)cc1. The van der Waals surface area contributed by atoms with Crippen molar-refractivity contribution in [1.29, 1.82) is 0 Å². The molecule has 8 heteroatoms. The molecule has 0 bridgehead atoms. The fraction of sp³-hybridized carbons (Fsp3) is 0.235. The summed E-state index contributed by atoms with van der Waals surface area (Å²) in [4.78, 5) is 11.8. The van der Waals surface area contributed by atoms with E-state index >= 15 is 0 Å². The number of amides is 1. The van der Waals surface area contributed by atoms with Gasteiger partial charge in [0.25, 0.3) is 0 Å². The average molecular weight is 368 g/mol. The molecule has 0 spiro atoms. The van der Waals surface area contributed by atoms with E-state index in [1.54, 1.807) is 13.0 Å². The van der Waals surface area contributed by atoms with Crippen LogP contribution in [-0.2, 0) is 14.8 Å². The Morgan fingerprint density at radius 1 is 1.04 bits per heavy atom. The molecule has 0 aromatic heterocycles. The maximum atomic E-state index is 13.2. The fourth-order valence-electron chi connectivity index (χ4n) is 2.09. The normalized spacial score (nSPS) is 11.3. The van der Waals surface area contributed by atoms with E-state index in [0.717, 1.165) is 29.8 Å². The van der Waals surface area contributed by atoms with Gasteiger partial charge in [-0.2, -0.15) is 0 Å². The molecule has 0 unspecified atom stereocenters. The topological polar surface area (TPSA) is 75.3 Å². The zero-order chi connectivity index (χ0) is 18.4. The van der Waals surface area contributed by atoms with Gasteiger partial charge in [-0.05, 0) is 55.3 Å².